The van der Waals surface area contributed by atoms with Gasteiger partial charge in [-0.05, 0) is 54.4 Å². The lowest BCUT2D eigenvalue weighted by Crippen LogP contribution is -2.21. The van der Waals surface area contributed by atoms with Crippen molar-refractivity contribution >= 4 is 39.0 Å². The molecule has 7 nitrogen and oxygen atoms in total. The fourth-order valence-corrected chi connectivity index (χ4v) is 4.50. The number of anilines is 1. The molecule has 1 atom stereocenters. The van der Waals surface area contributed by atoms with Crippen molar-refractivity contribution < 1.29 is 19.0 Å². The number of nitrogens with two attached hydrogens (primary N) is 1. The van der Waals surface area contributed by atoms with Gasteiger partial charge >= 0.3 is 6.09 Å². The molecule has 36 heavy (non-hydrogen) atoms. The fraction of sp³-hybridized carbons (Fsp3) is 0.214. The van der Waals surface area contributed by atoms with Crippen LogP contribution in [-0.2, 0) is 4.74 Å². The van der Waals surface area contributed by atoms with Gasteiger partial charge in [0.05, 0.1) is 11.5 Å². The number of carbonyl (C=O) groups excluding carboxylic acids is 1. The summed E-state index contributed by atoms with van der Waals surface area (Å²) in [6.45, 7) is 2.79. The van der Waals surface area contributed by atoms with Crippen LogP contribution in [0.3, 0.4) is 0 Å². The van der Waals surface area contributed by atoms with Crippen molar-refractivity contribution in [3.05, 3.63) is 89.3 Å². The molecular formula is C28H29N3O4S. The minimum atomic E-state index is -0.577. The van der Waals surface area contributed by atoms with Crippen LogP contribution in [0, 0.1) is 5.41 Å². The van der Waals surface area contributed by atoms with E-state index in [9.17, 15) is 4.79 Å². The largest absolute Gasteiger partial charge is 0.494 e. The summed E-state index contributed by atoms with van der Waals surface area (Å²) < 4.78 is 18.5. The molecule has 1 aromatic heterocycles. The quantitative estimate of drug-likeness (QED) is 0.119. The minimum absolute atomic E-state index is 0.00808. The molecule has 4 rings (SSSR count). The first-order chi connectivity index (χ1) is 17.5. The lowest BCUT2D eigenvalue weighted by atomic mass is 10.1. The Kier molecular flexibility index (Phi) is 8.41. The van der Waals surface area contributed by atoms with Crippen LogP contribution in [-0.4, -0.2) is 25.1 Å². The van der Waals surface area contributed by atoms with Gasteiger partial charge in [0, 0.05) is 15.8 Å². The number of unbranched alkanes of at least 4 members (excludes halogenated alkanes) is 1. The van der Waals surface area contributed by atoms with Gasteiger partial charge < -0.3 is 19.9 Å². The van der Waals surface area contributed by atoms with Crippen LogP contribution < -0.4 is 20.5 Å². The Bertz CT molecular complexity index is 1310. The molecule has 0 bridgehead atoms. The zero-order chi connectivity index (χ0) is 25.3. The molecule has 8 heteroatoms. The van der Waals surface area contributed by atoms with Gasteiger partial charge in [-0.25, -0.2) is 4.79 Å². The maximum absolute atomic E-state index is 12.5. The van der Waals surface area contributed by atoms with Crippen molar-refractivity contribution in [2.45, 2.75) is 25.9 Å². The van der Waals surface area contributed by atoms with Crippen LogP contribution in [0.4, 0.5) is 10.5 Å². The first kappa shape index (κ1) is 25.1. The number of ether oxygens (including phenoxy) is 3. The average Bonchev–Trinajstić information content (AvgIpc) is 3.34. The highest BCUT2D eigenvalue weighted by molar-refractivity contribution is 7.20. The van der Waals surface area contributed by atoms with E-state index in [4.69, 9.17) is 25.4 Å². The maximum Gasteiger partial charge on any atom is 0.411 e. The van der Waals surface area contributed by atoms with E-state index >= 15 is 0 Å². The number of amidine groups is 1. The number of carbonyl (C=O) groups is 1. The third-order valence-electron chi connectivity index (χ3n) is 5.46. The van der Waals surface area contributed by atoms with Gasteiger partial charge in [0.2, 0.25) is 0 Å². The zero-order valence-electron chi connectivity index (χ0n) is 20.0. The van der Waals surface area contributed by atoms with E-state index in [1.807, 2.05) is 66.7 Å². The molecule has 0 saturated carbocycles. The molecule has 0 spiro atoms. The van der Waals surface area contributed by atoms with E-state index in [2.05, 4.69) is 12.2 Å². The van der Waals surface area contributed by atoms with E-state index in [-0.39, 0.29) is 12.4 Å². The van der Waals surface area contributed by atoms with E-state index < -0.39 is 12.2 Å². The Balaban J connectivity index is 1.43. The summed E-state index contributed by atoms with van der Waals surface area (Å²) >= 11 is 1.43. The molecule has 1 unspecified atom stereocenters. The third kappa shape index (κ3) is 6.55. The Morgan fingerprint density at radius 2 is 1.83 bits per heavy atom. The van der Waals surface area contributed by atoms with Crippen molar-refractivity contribution in [2.75, 3.05) is 18.5 Å². The molecule has 0 aliphatic rings. The van der Waals surface area contributed by atoms with Crippen LogP contribution in [0.25, 0.3) is 10.1 Å². The molecule has 186 valence electrons. The first-order valence-corrected chi connectivity index (χ1v) is 12.6. The van der Waals surface area contributed by atoms with Crippen LogP contribution in [0.2, 0.25) is 0 Å². The number of rotatable bonds is 11. The van der Waals surface area contributed by atoms with Gasteiger partial charge in [-0.15, -0.1) is 11.3 Å². The molecule has 1 heterocycles. The summed E-state index contributed by atoms with van der Waals surface area (Å²) in [5.74, 6) is 1.41. The van der Waals surface area contributed by atoms with Crippen molar-refractivity contribution in [3.8, 4) is 11.5 Å². The van der Waals surface area contributed by atoms with E-state index in [1.54, 1.807) is 12.1 Å². The standard InChI is InChI=1S/C28H29N3O4S/c1-2-3-16-33-21-14-12-20(13-15-21)31-28(32)34-18-24(19-8-5-4-6-9-19)35-23-10-7-11-25-22(23)17-26(36-25)27(29)30/h4-15,17,24H,2-3,16,18H2,1H3,(H3,29,30)(H,31,32). The van der Waals surface area contributed by atoms with E-state index in [0.29, 0.717) is 22.9 Å². The lowest BCUT2D eigenvalue weighted by molar-refractivity contribution is 0.0910. The molecule has 0 aliphatic carbocycles. The van der Waals surface area contributed by atoms with Crippen molar-refractivity contribution in [1.82, 2.24) is 0 Å². The molecule has 0 saturated heterocycles. The topological polar surface area (TPSA) is 107 Å². The lowest BCUT2D eigenvalue weighted by Gasteiger charge is -2.20. The summed E-state index contributed by atoms with van der Waals surface area (Å²) in [4.78, 5) is 13.2. The minimum Gasteiger partial charge on any atom is -0.494 e. The number of hydrogen-bond acceptors (Lipinski definition) is 6. The Labute approximate surface area is 214 Å². The zero-order valence-corrected chi connectivity index (χ0v) is 20.8. The Hall–Kier alpha value is -4.04. The maximum atomic E-state index is 12.5. The van der Waals surface area contributed by atoms with Crippen molar-refractivity contribution in [1.29, 1.82) is 5.41 Å². The molecule has 1 amide bonds. The van der Waals surface area contributed by atoms with Crippen LogP contribution in [0.15, 0.2) is 78.9 Å². The number of amides is 1. The van der Waals surface area contributed by atoms with Gasteiger partial charge in [-0.2, -0.15) is 0 Å². The van der Waals surface area contributed by atoms with Crippen LogP contribution >= 0.6 is 11.3 Å². The van der Waals surface area contributed by atoms with E-state index in [1.165, 1.54) is 11.3 Å². The summed E-state index contributed by atoms with van der Waals surface area (Å²) in [6, 6.07) is 24.3. The van der Waals surface area contributed by atoms with Gasteiger partial charge in [0.1, 0.15) is 23.9 Å². The summed E-state index contributed by atoms with van der Waals surface area (Å²) in [7, 11) is 0. The van der Waals surface area contributed by atoms with Crippen molar-refractivity contribution in [2.24, 2.45) is 5.73 Å². The number of nitrogens with one attached hydrogen (secondary N) is 2. The fourth-order valence-electron chi connectivity index (χ4n) is 3.56. The summed E-state index contributed by atoms with van der Waals surface area (Å²) in [5, 5.41) is 11.4. The van der Waals surface area contributed by atoms with Gasteiger partial charge in [0.15, 0.2) is 6.10 Å². The number of fused-ring (bicyclic) bond motifs is 1. The monoisotopic (exact) mass is 503 g/mol. The van der Waals surface area contributed by atoms with Gasteiger partial charge in [-0.1, -0.05) is 49.7 Å². The molecule has 0 fully saturated rings. The second kappa shape index (κ2) is 12.1. The highest BCUT2D eigenvalue weighted by Crippen LogP contribution is 2.35. The second-order valence-corrected chi connectivity index (χ2v) is 9.24. The molecular weight excluding hydrogens is 474 g/mol. The number of nitrogen functional groups attached to an aromatic ring is 1. The molecule has 0 radical (unpaired) electrons. The van der Waals surface area contributed by atoms with Crippen molar-refractivity contribution in [3.63, 3.8) is 0 Å². The first-order valence-electron chi connectivity index (χ1n) is 11.8. The Morgan fingerprint density at radius 1 is 1.06 bits per heavy atom. The molecule has 4 aromatic rings. The smallest absolute Gasteiger partial charge is 0.411 e. The van der Waals surface area contributed by atoms with Gasteiger partial charge in [-0.3, -0.25) is 10.7 Å². The normalized spacial score (nSPS) is 11.6. The Morgan fingerprint density at radius 3 is 2.56 bits per heavy atom. The average molecular weight is 504 g/mol. The van der Waals surface area contributed by atoms with Crippen LogP contribution in [0.1, 0.15) is 36.3 Å². The number of benzene rings is 3. The highest BCUT2D eigenvalue weighted by atomic mass is 32.1. The summed E-state index contributed by atoms with van der Waals surface area (Å²) in [6.07, 6.45) is 0.959. The summed E-state index contributed by atoms with van der Waals surface area (Å²) in [5.41, 5.74) is 7.17. The number of hydrogen-bond donors (Lipinski definition) is 3. The number of thiophene rings is 1. The predicted molar refractivity (Wildman–Crippen MR) is 144 cm³/mol. The van der Waals surface area contributed by atoms with Gasteiger partial charge in [0.25, 0.3) is 0 Å². The SMILES string of the molecule is CCCCOc1ccc(NC(=O)OCC(Oc2cccc3sc(C(=N)N)cc23)c2ccccc2)cc1. The molecule has 3 aromatic carbocycles. The molecule has 0 aliphatic heterocycles. The van der Waals surface area contributed by atoms with Crippen LogP contribution in [0.5, 0.6) is 11.5 Å². The highest BCUT2D eigenvalue weighted by Gasteiger charge is 2.19. The second-order valence-electron chi connectivity index (χ2n) is 8.16. The predicted octanol–water partition coefficient (Wildman–Crippen LogP) is 6.73. The third-order valence-corrected chi connectivity index (χ3v) is 6.59. The molecule has 4 N–H and O–H groups in total. The van der Waals surface area contributed by atoms with E-state index in [0.717, 1.165) is 34.2 Å².